The van der Waals surface area contributed by atoms with Crippen molar-refractivity contribution < 1.29 is 9.59 Å². The number of benzene rings is 2. The number of nitrogens with one attached hydrogen (secondary N) is 2. The van der Waals surface area contributed by atoms with E-state index in [2.05, 4.69) is 26.3 Å². The lowest BCUT2D eigenvalue weighted by Gasteiger charge is -2.07. The summed E-state index contributed by atoms with van der Waals surface area (Å²) >= 11 is 1.52. The molecule has 0 fully saturated rings. The highest BCUT2D eigenvalue weighted by atomic mass is 32.1. The van der Waals surface area contributed by atoms with Crippen molar-refractivity contribution >= 4 is 23.2 Å². The standard InChI is InChI=1S/C21H18N6O2S/c28-19(12-16-10-11-30-14-16)22-24-21(29)18-8-6-15(7-9-18)13-27-25-20(23-26-27)17-4-2-1-3-5-17/h1-11,14H,12-13H2,(H,22,28)(H,24,29). The highest BCUT2D eigenvalue weighted by Crippen LogP contribution is 2.13. The Hall–Kier alpha value is -3.85. The van der Waals surface area contributed by atoms with Crippen LogP contribution < -0.4 is 10.9 Å². The van der Waals surface area contributed by atoms with Crippen molar-refractivity contribution in [1.29, 1.82) is 0 Å². The normalized spacial score (nSPS) is 10.5. The Morgan fingerprint density at radius 2 is 1.73 bits per heavy atom. The first-order valence-corrected chi connectivity index (χ1v) is 10.1. The molecule has 0 aliphatic carbocycles. The monoisotopic (exact) mass is 418 g/mol. The molecule has 2 amide bonds. The summed E-state index contributed by atoms with van der Waals surface area (Å²) in [6.45, 7) is 0.430. The first kappa shape index (κ1) is 19.5. The van der Waals surface area contributed by atoms with E-state index in [1.165, 1.54) is 16.1 Å². The van der Waals surface area contributed by atoms with Crippen LogP contribution in [0.25, 0.3) is 11.4 Å². The molecular weight excluding hydrogens is 400 g/mol. The van der Waals surface area contributed by atoms with E-state index in [-0.39, 0.29) is 18.2 Å². The number of rotatable bonds is 6. The summed E-state index contributed by atoms with van der Waals surface area (Å²) in [5, 5.41) is 16.3. The van der Waals surface area contributed by atoms with Crippen LogP contribution in [0, 0.1) is 0 Å². The molecule has 0 saturated carbocycles. The Kier molecular flexibility index (Phi) is 5.90. The minimum absolute atomic E-state index is 0.221. The van der Waals surface area contributed by atoms with Gasteiger partial charge < -0.3 is 0 Å². The van der Waals surface area contributed by atoms with Gasteiger partial charge >= 0.3 is 0 Å². The zero-order valence-corrected chi connectivity index (χ0v) is 16.7. The summed E-state index contributed by atoms with van der Waals surface area (Å²) in [4.78, 5) is 25.6. The first-order chi connectivity index (χ1) is 14.7. The van der Waals surface area contributed by atoms with Gasteiger partial charge in [-0.2, -0.15) is 16.1 Å². The van der Waals surface area contributed by atoms with E-state index in [9.17, 15) is 9.59 Å². The van der Waals surface area contributed by atoms with Gasteiger partial charge in [0.1, 0.15) is 0 Å². The fourth-order valence-electron chi connectivity index (χ4n) is 2.76. The minimum Gasteiger partial charge on any atom is -0.273 e. The quantitative estimate of drug-likeness (QED) is 0.469. The summed E-state index contributed by atoms with van der Waals surface area (Å²) in [5.41, 5.74) is 8.02. The van der Waals surface area contributed by atoms with Crippen molar-refractivity contribution in [2.75, 3.05) is 0 Å². The van der Waals surface area contributed by atoms with Crippen LogP contribution in [-0.2, 0) is 17.8 Å². The van der Waals surface area contributed by atoms with E-state index in [0.717, 1.165) is 16.7 Å². The number of hydrogen-bond donors (Lipinski definition) is 2. The van der Waals surface area contributed by atoms with Crippen LogP contribution in [0.1, 0.15) is 21.5 Å². The molecule has 0 spiro atoms. The maximum Gasteiger partial charge on any atom is 0.269 e. The van der Waals surface area contributed by atoms with Crippen molar-refractivity contribution in [3.05, 3.63) is 88.1 Å². The van der Waals surface area contributed by atoms with Crippen LogP contribution in [-0.4, -0.2) is 32.0 Å². The number of carbonyl (C=O) groups excluding carboxylic acids is 2. The molecule has 0 unspecified atom stereocenters. The molecule has 2 aromatic heterocycles. The molecule has 0 aliphatic rings. The summed E-state index contributed by atoms with van der Waals surface area (Å²) in [7, 11) is 0. The van der Waals surface area contributed by atoms with Gasteiger partial charge in [-0.15, -0.1) is 10.2 Å². The van der Waals surface area contributed by atoms with Gasteiger partial charge in [0.15, 0.2) is 0 Å². The Bertz CT molecular complexity index is 1120. The average molecular weight is 418 g/mol. The number of aromatic nitrogens is 4. The molecule has 2 heterocycles. The largest absolute Gasteiger partial charge is 0.273 e. The number of tetrazole rings is 1. The topological polar surface area (TPSA) is 102 Å². The zero-order valence-electron chi connectivity index (χ0n) is 15.9. The van der Waals surface area contributed by atoms with Crippen molar-refractivity contribution in [1.82, 2.24) is 31.1 Å². The van der Waals surface area contributed by atoms with Crippen LogP contribution in [0.5, 0.6) is 0 Å². The van der Waals surface area contributed by atoms with Crippen LogP contribution in [0.4, 0.5) is 0 Å². The third-order valence-corrected chi connectivity index (χ3v) is 5.02. The van der Waals surface area contributed by atoms with Crippen molar-refractivity contribution in [3.8, 4) is 11.4 Å². The van der Waals surface area contributed by atoms with Gasteiger partial charge in [-0.1, -0.05) is 42.5 Å². The lowest BCUT2D eigenvalue weighted by Crippen LogP contribution is -2.42. The molecule has 8 nitrogen and oxygen atoms in total. The molecule has 9 heteroatoms. The zero-order chi connectivity index (χ0) is 20.8. The molecule has 0 saturated heterocycles. The molecule has 0 bridgehead atoms. The Labute approximate surface area is 176 Å². The Balaban J connectivity index is 1.31. The van der Waals surface area contributed by atoms with E-state index >= 15 is 0 Å². The van der Waals surface area contributed by atoms with Crippen LogP contribution in [0.2, 0.25) is 0 Å². The molecule has 30 heavy (non-hydrogen) atoms. The predicted octanol–water partition coefficient (Wildman–Crippen LogP) is 2.45. The summed E-state index contributed by atoms with van der Waals surface area (Å²) in [6.07, 6.45) is 0.221. The molecule has 0 radical (unpaired) electrons. The third-order valence-electron chi connectivity index (χ3n) is 4.29. The lowest BCUT2D eigenvalue weighted by molar-refractivity contribution is -0.121. The number of carbonyl (C=O) groups is 2. The highest BCUT2D eigenvalue weighted by molar-refractivity contribution is 7.08. The van der Waals surface area contributed by atoms with Crippen LogP contribution in [0.3, 0.4) is 0 Å². The van der Waals surface area contributed by atoms with Crippen molar-refractivity contribution in [2.45, 2.75) is 13.0 Å². The molecule has 0 atom stereocenters. The molecule has 2 aromatic carbocycles. The summed E-state index contributed by atoms with van der Waals surface area (Å²) in [5.74, 6) is -0.0971. The molecule has 4 aromatic rings. The van der Waals surface area contributed by atoms with E-state index in [0.29, 0.717) is 17.9 Å². The molecule has 0 aliphatic heterocycles. The first-order valence-electron chi connectivity index (χ1n) is 9.20. The molecular formula is C21H18N6O2S. The predicted molar refractivity (Wildman–Crippen MR) is 112 cm³/mol. The smallest absolute Gasteiger partial charge is 0.269 e. The van der Waals surface area contributed by atoms with E-state index in [4.69, 9.17) is 0 Å². The Morgan fingerprint density at radius 3 is 2.47 bits per heavy atom. The molecule has 4 rings (SSSR count). The van der Waals surface area contributed by atoms with Crippen LogP contribution in [0.15, 0.2) is 71.4 Å². The maximum absolute atomic E-state index is 12.2. The number of hydrogen-bond acceptors (Lipinski definition) is 6. The molecule has 2 N–H and O–H groups in total. The minimum atomic E-state index is -0.384. The second kappa shape index (κ2) is 9.10. The van der Waals surface area contributed by atoms with Crippen molar-refractivity contribution in [2.24, 2.45) is 0 Å². The molecule has 150 valence electrons. The fraction of sp³-hybridized carbons (Fsp3) is 0.0952. The van der Waals surface area contributed by atoms with Gasteiger partial charge in [0, 0.05) is 11.1 Å². The second-order valence-corrected chi connectivity index (χ2v) is 7.30. The van der Waals surface area contributed by atoms with Gasteiger partial charge in [-0.05, 0) is 45.3 Å². The van der Waals surface area contributed by atoms with Gasteiger partial charge in [0.05, 0.1) is 13.0 Å². The second-order valence-electron chi connectivity index (χ2n) is 6.52. The van der Waals surface area contributed by atoms with E-state index < -0.39 is 0 Å². The maximum atomic E-state index is 12.2. The summed E-state index contributed by atoms with van der Waals surface area (Å²) in [6, 6.07) is 18.5. The van der Waals surface area contributed by atoms with E-state index in [1.54, 1.807) is 12.1 Å². The average Bonchev–Trinajstić information content (AvgIpc) is 3.45. The third kappa shape index (κ3) is 4.95. The SMILES string of the molecule is O=C(Cc1ccsc1)NNC(=O)c1ccc(Cn2nnc(-c3ccccc3)n2)cc1. The summed E-state index contributed by atoms with van der Waals surface area (Å²) < 4.78 is 0. The highest BCUT2D eigenvalue weighted by Gasteiger charge is 2.10. The van der Waals surface area contributed by atoms with Gasteiger partial charge in [-0.3, -0.25) is 20.4 Å². The van der Waals surface area contributed by atoms with Crippen molar-refractivity contribution in [3.63, 3.8) is 0 Å². The van der Waals surface area contributed by atoms with Crippen LogP contribution >= 0.6 is 11.3 Å². The van der Waals surface area contributed by atoms with Gasteiger partial charge in [-0.25, -0.2) is 0 Å². The number of amides is 2. The van der Waals surface area contributed by atoms with Gasteiger partial charge in [0.2, 0.25) is 11.7 Å². The number of nitrogens with zero attached hydrogens (tertiary/aromatic N) is 4. The number of hydrazine groups is 1. The Morgan fingerprint density at radius 1 is 0.933 bits per heavy atom. The van der Waals surface area contributed by atoms with Gasteiger partial charge in [0.25, 0.3) is 5.91 Å². The van der Waals surface area contributed by atoms with E-state index in [1.807, 2.05) is 59.3 Å². The number of thiophene rings is 1. The fourth-order valence-corrected chi connectivity index (χ4v) is 3.43. The lowest BCUT2D eigenvalue weighted by atomic mass is 10.1.